The number of pyridine rings is 1. The molecule has 1 aromatic heterocycles. The number of halogens is 1. The smallest absolute Gasteiger partial charge is 0.319 e. The van der Waals surface area contributed by atoms with Crippen LogP contribution in [-0.2, 0) is 4.79 Å². The average Bonchev–Trinajstić information content (AvgIpc) is 2.74. The Morgan fingerprint density at radius 1 is 1.14 bits per heavy atom. The van der Waals surface area contributed by atoms with Gasteiger partial charge in [-0.1, -0.05) is 11.6 Å². The molecule has 0 radical (unpaired) electrons. The first-order chi connectivity index (χ1) is 14.0. The lowest BCUT2D eigenvalue weighted by Crippen LogP contribution is -2.48. The van der Waals surface area contributed by atoms with E-state index in [1.54, 1.807) is 43.6 Å². The van der Waals surface area contributed by atoms with Crippen LogP contribution in [0.15, 0.2) is 48.8 Å². The molecule has 1 aliphatic heterocycles. The summed E-state index contributed by atoms with van der Waals surface area (Å²) in [6.07, 6.45) is 5.64. The van der Waals surface area contributed by atoms with E-state index in [0.717, 1.165) is 25.9 Å². The Hall–Kier alpha value is -2.80. The topological polar surface area (TPSA) is 86.4 Å². The molecule has 0 bridgehead atoms. The number of aromatic nitrogens is 1. The number of anilines is 2. The zero-order valence-corrected chi connectivity index (χ0v) is 17.2. The number of amides is 3. The van der Waals surface area contributed by atoms with Crippen molar-refractivity contribution >= 4 is 34.9 Å². The van der Waals surface area contributed by atoms with Crippen molar-refractivity contribution in [2.75, 3.05) is 29.9 Å². The van der Waals surface area contributed by atoms with Crippen LogP contribution in [0.4, 0.5) is 16.2 Å². The summed E-state index contributed by atoms with van der Waals surface area (Å²) < 4.78 is 0. The molecule has 0 spiro atoms. The molecule has 1 aliphatic rings. The van der Waals surface area contributed by atoms with Crippen LogP contribution in [0.3, 0.4) is 0 Å². The molecule has 1 saturated heterocycles. The van der Waals surface area contributed by atoms with Gasteiger partial charge in [0, 0.05) is 48.4 Å². The maximum atomic E-state index is 12.3. The highest BCUT2D eigenvalue weighted by Crippen LogP contribution is 2.22. The van der Waals surface area contributed by atoms with Crippen LogP contribution in [0.2, 0.25) is 5.02 Å². The molecule has 1 atom stereocenters. The Morgan fingerprint density at radius 2 is 1.79 bits per heavy atom. The van der Waals surface area contributed by atoms with Gasteiger partial charge in [0.25, 0.3) is 0 Å². The van der Waals surface area contributed by atoms with Crippen molar-refractivity contribution in [3.63, 3.8) is 0 Å². The van der Waals surface area contributed by atoms with Crippen molar-refractivity contribution in [2.45, 2.75) is 25.8 Å². The number of carbonyl (C=O) groups excluding carboxylic acids is 2. The minimum absolute atomic E-state index is 0.187. The fourth-order valence-electron chi connectivity index (χ4n) is 3.31. The van der Waals surface area contributed by atoms with E-state index in [-0.39, 0.29) is 5.91 Å². The number of nitrogens with one attached hydrogen (secondary N) is 3. The lowest BCUT2D eigenvalue weighted by Gasteiger charge is -2.33. The van der Waals surface area contributed by atoms with Gasteiger partial charge < -0.3 is 20.9 Å². The summed E-state index contributed by atoms with van der Waals surface area (Å²) in [4.78, 5) is 30.8. The van der Waals surface area contributed by atoms with Gasteiger partial charge in [-0.25, -0.2) is 4.79 Å². The van der Waals surface area contributed by atoms with E-state index < -0.39 is 12.1 Å². The summed E-state index contributed by atoms with van der Waals surface area (Å²) in [5.41, 5.74) is 1.80. The normalized spacial score (nSPS) is 15.4. The van der Waals surface area contributed by atoms with Crippen LogP contribution in [0.25, 0.3) is 0 Å². The number of nitrogens with zero attached hydrogens (tertiary/aromatic N) is 2. The van der Waals surface area contributed by atoms with Crippen molar-refractivity contribution in [2.24, 2.45) is 5.92 Å². The molecule has 0 aliphatic carbocycles. The van der Waals surface area contributed by atoms with Crippen LogP contribution < -0.4 is 20.9 Å². The lowest BCUT2D eigenvalue weighted by molar-refractivity contribution is -0.122. The second-order valence-corrected chi connectivity index (χ2v) is 7.64. The van der Waals surface area contributed by atoms with Gasteiger partial charge in [-0.05, 0) is 62.1 Å². The Kier molecular flexibility index (Phi) is 7.30. The number of hydrogen-bond acceptors (Lipinski definition) is 4. The predicted octanol–water partition coefficient (Wildman–Crippen LogP) is 3.28. The van der Waals surface area contributed by atoms with E-state index in [9.17, 15) is 9.59 Å². The Bertz CT molecular complexity index is 808. The zero-order chi connectivity index (χ0) is 20.6. The highest BCUT2D eigenvalue weighted by Gasteiger charge is 2.21. The van der Waals surface area contributed by atoms with Crippen molar-refractivity contribution in [3.8, 4) is 0 Å². The molecule has 8 heteroatoms. The van der Waals surface area contributed by atoms with Crippen molar-refractivity contribution < 1.29 is 9.59 Å². The first-order valence-corrected chi connectivity index (χ1v) is 10.1. The van der Waals surface area contributed by atoms with Crippen LogP contribution >= 0.6 is 11.6 Å². The van der Waals surface area contributed by atoms with Crippen molar-refractivity contribution in [1.29, 1.82) is 0 Å². The maximum Gasteiger partial charge on any atom is 0.319 e. The van der Waals surface area contributed by atoms with Crippen LogP contribution in [-0.4, -0.2) is 42.6 Å². The zero-order valence-electron chi connectivity index (χ0n) is 16.4. The molecule has 1 aromatic carbocycles. The molecule has 3 N–H and O–H groups in total. The number of hydrogen-bond donors (Lipinski definition) is 3. The highest BCUT2D eigenvalue weighted by atomic mass is 35.5. The fourth-order valence-corrected chi connectivity index (χ4v) is 3.44. The summed E-state index contributed by atoms with van der Waals surface area (Å²) in [7, 11) is 0. The fraction of sp³-hybridized carbons (Fsp3) is 0.381. The molecule has 0 saturated carbocycles. The second-order valence-electron chi connectivity index (χ2n) is 7.21. The molecule has 2 heterocycles. The molecule has 2 aromatic rings. The van der Waals surface area contributed by atoms with E-state index >= 15 is 0 Å². The van der Waals surface area contributed by atoms with Crippen LogP contribution in [0.5, 0.6) is 0 Å². The van der Waals surface area contributed by atoms with Gasteiger partial charge in [0.2, 0.25) is 5.91 Å². The Labute approximate surface area is 175 Å². The lowest BCUT2D eigenvalue weighted by atomic mass is 9.96. The summed E-state index contributed by atoms with van der Waals surface area (Å²) in [6.45, 7) is 4.21. The third-order valence-corrected chi connectivity index (χ3v) is 5.30. The predicted molar refractivity (Wildman–Crippen MR) is 115 cm³/mol. The highest BCUT2D eigenvalue weighted by molar-refractivity contribution is 6.30. The van der Waals surface area contributed by atoms with Gasteiger partial charge in [-0.15, -0.1) is 0 Å². The van der Waals surface area contributed by atoms with Crippen molar-refractivity contribution in [1.82, 2.24) is 15.6 Å². The molecule has 3 amide bonds. The van der Waals surface area contributed by atoms with Crippen LogP contribution in [0, 0.1) is 5.92 Å². The summed E-state index contributed by atoms with van der Waals surface area (Å²) in [5, 5.41) is 8.88. The SMILES string of the molecule is C[C@@H](NC(=O)Nc1ccc(Cl)cc1)C(=O)NCC1CCN(c2ccncc2)CC1. The molecule has 1 fully saturated rings. The van der Waals surface area contributed by atoms with Gasteiger partial charge in [0.15, 0.2) is 0 Å². The third-order valence-electron chi connectivity index (χ3n) is 5.05. The Balaban J connectivity index is 1.36. The van der Waals surface area contributed by atoms with E-state index in [1.165, 1.54) is 5.69 Å². The number of piperidine rings is 1. The molecule has 0 unspecified atom stereocenters. The number of urea groups is 1. The quantitative estimate of drug-likeness (QED) is 0.675. The summed E-state index contributed by atoms with van der Waals surface area (Å²) in [6, 6.07) is 9.76. The summed E-state index contributed by atoms with van der Waals surface area (Å²) in [5.74, 6) is 0.250. The number of rotatable bonds is 6. The molecule has 29 heavy (non-hydrogen) atoms. The first kappa shape index (κ1) is 20.9. The number of carbonyl (C=O) groups is 2. The third kappa shape index (κ3) is 6.35. The molecule has 3 rings (SSSR count). The molecule has 7 nitrogen and oxygen atoms in total. The first-order valence-electron chi connectivity index (χ1n) is 9.77. The minimum Gasteiger partial charge on any atom is -0.371 e. The standard InChI is InChI=1S/C21H26ClN5O2/c1-15(25-21(29)26-18-4-2-17(22)3-5-18)20(28)24-14-16-8-12-27(13-9-16)19-6-10-23-11-7-19/h2-7,10-11,15-16H,8-9,12-14H2,1H3,(H,24,28)(H2,25,26,29)/t15-/m1/s1. The van der Waals surface area contributed by atoms with E-state index in [4.69, 9.17) is 11.6 Å². The van der Waals surface area contributed by atoms with E-state index in [2.05, 4.69) is 25.8 Å². The average molecular weight is 416 g/mol. The second kappa shape index (κ2) is 10.1. The van der Waals surface area contributed by atoms with Crippen molar-refractivity contribution in [3.05, 3.63) is 53.8 Å². The molecular formula is C21H26ClN5O2. The largest absolute Gasteiger partial charge is 0.371 e. The molecule has 154 valence electrons. The van der Waals surface area contributed by atoms with Gasteiger partial charge in [-0.3, -0.25) is 9.78 Å². The van der Waals surface area contributed by atoms with Gasteiger partial charge >= 0.3 is 6.03 Å². The van der Waals surface area contributed by atoms with Crippen LogP contribution in [0.1, 0.15) is 19.8 Å². The Morgan fingerprint density at radius 3 is 2.45 bits per heavy atom. The van der Waals surface area contributed by atoms with Gasteiger partial charge in [0.05, 0.1) is 0 Å². The monoisotopic (exact) mass is 415 g/mol. The van der Waals surface area contributed by atoms with Gasteiger partial charge in [-0.2, -0.15) is 0 Å². The molecular weight excluding hydrogens is 390 g/mol. The maximum absolute atomic E-state index is 12.3. The minimum atomic E-state index is -0.626. The van der Waals surface area contributed by atoms with E-state index in [0.29, 0.717) is 23.2 Å². The number of benzene rings is 1. The summed E-state index contributed by atoms with van der Waals surface area (Å²) >= 11 is 5.83. The van der Waals surface area contributed by atoms with Gasteiger partial charge in [0.1, 0.15) is 6.04 Å². The van der Waals surface area contributed by atoms with E-state index in [1.807, 2.05) is 12.1 Å².